The van der Waals surface area contributed by atoms with Gasteiger partial charge in [0.15, 0.2) is 0 Å². The molecule has 2 aliphatic rings. The molecule has 0 aromatic rings. The summed E-state index contributed by atoms with van der Waals surface area (Å²) in [5.74, 6) is -2.35. The third-order valence-electron chi connectivity index (χ3n) is 3.82. The summed E-state index contributed by atoms with van der Waals surface area (Å²) in [6.45, 7) is 0.212. The average molecular weight is 255 g/mol. The molecule has 2 amide bonds. The van der Waals surface area contributed by atoms with Crippen molar-refractivity contribution in [2.45, 2.75) is 31.7 Å². The van der Waals surface area contributed by atoms with Crippen molar-refractivity contribution in [3.8, 4) is 0 Å². The van der Waals surface area contributed by atoms with Crippen molar-refractivity contribution in [3.05, 3.63) is 0 Å². The molecule has 6 nitrogen and oxygen atoms in total. The first-order valence-electron chi connectivity index (χ1n) is 6.16. The van der Waals surface area contributed by atoms with Gasteiger partial charge in [0.25, 0.3) is 0 Å². The smallest absolute Gasteiger partial charge is 0.327 e. The Balaban J connectivity index is 2.17. The standard InChI is InChI=1S/C12H17NO5/c1-18-6-5-9(12(16)17)13-10(14)7-3-2-4-8(7)11(13)15/h7-9H,2-6H2,1H3,(H,16,17). The van der Waals surface area contributed by atoms with Crippen LogP contribution in [0.1, 0.15) is 25.7 Å². The summed E-state index contributed by atoms with van der Waals surface area (Å²) in [5.41, 5.74) is 0. The van der Waals surface area contributed by atoms with Gasteiger partial charge in [0.1, 0.15) is 6.04 Å². The molecule has 1 saturated carbocycles. The fourth-order valence-corrected chi connectivity index (χ4v) is 2.92. The molecule has 18 heavy (non-hydrogen) atoms. The van der Waals surface area contributed by atoms with Crippen molar-refractivity contribution in [3.63, 3.8) is 0 Å². The maximum absolute atomic E-state index is 12.1. The van der Waals surface area contributed by atoms with Crippen LogP contribution in [0.15, 0.2) is 0 Å². The van der Waals surface area contributed by atoms with E-state index in [9.17, 15) is 14.4 Å². The van der Waals surface area contributed by atoms with Gasteiger partial charge in [-0.2, -0.15) is 0 Å². The SMILES string of the molecule is COCCC(C(=O)O)N1C(=O)C2CCCC2C1=O. The summed E-state index contributed by atoms with van der Waals surface area (Å²) in [6.07, 6.45) is 2.41. The van der Waals surface area contributed by atoms with Gasteiger partial charge in [-0.1, -0.05) is 6.42 Å². The van der Waals surface area contributed by atoms with Crippen LogP contribution in [-0.2, 0) is 19.1 Å². The van der Waals surface area contributed by atoms with Gasteiger partial charge in [0.2, 0.25) is 11.8 Å². The Morgan fingerprint density at radius 1 is 1.39 bits per heavy atom. The minimum absolute atomic E-state index is 0.142. The first kappa shape index (κ1) is 13.0. The second-order valence-electron chi connectivity index (χ2n) is 4.83. The Bertz CT molecular complexity index is 359. The van der Waals surface area contributed by atoms with Crippen LogP contribution in [0.4, 0.5) is 0 Å². The number of fused-ring (bicyclic) bond motifs is 1. The van der Waals surface area contributed by atoms with E-state index in [2.05, 4.69) is 0 Å². The zero-order chi connectivity index (χ0) is 13.3. The van der Waals surface area contributed by atoms with Gasteiger partial charge in [-0.25, -0.2) is 4.79 Å². The monoisotopic (exact) mass is 255 g/mol. The van der Waals surface area contributed by atoms with E-state index in [1.165, 1.54) is 7.11 Å². The first-order chi connectivity index (χ1) is 8.57. The maximum Gasteiger partial charge on any atom is 0.327 e. The fourth-order valence-electron chi connectivity index (χ4n) is 2.92. The fraction of sp³-hybridized carbons (Fsp3) is 0.750. The topological polar surface area (TPSA) is 83.9 Å². The Morgan fingerprint density at radius 3 is 2.39 bits per heavy atom. The van der Waals surface area contributed by atoms with Crippen LogP contribution in [0.3, 0.4) is 0 Å². The lowest BCUT2D eigenvalue weighted by Crippen LogP contribution is -2.46. The van der Waals surface area contributed by atoms with E-state index in [1.807, 2.05) is 0 Å². The molecule has 2 rings (SSSR count). The highest BCUT2D eigenvalue weighted by Gasteiger charge is 2.52. The lowest BCUT2D eigenvalue weighted by molar-refractivity contribution is -0.156. The zero-order valence-corrected chi connectivity index (χ0v) is 10.3. The van der Waals surface area contributed by atoms with Gasteiger partial charge >= 0.3 is 5.97 Å². The van der Waals surface area contributed by atoms with Crippen molar-refractivity contribution < 1.29 is 24.2 Å². The Morgan fingerprint density at radius 2 is 1.94 bits per heavy atom. The number of carbonyl (C=O) groups excluding carboxylic acids is 2. The Labute approximate surface area is 105 Å². The lowest BCUT2D eigenvalue weighted by atomic mass is 10.00. The summed E-state index contributed by atoms with van der Waals surface area (Å²) < 4.78 is 4.83. The largest absolute Gasteiger partial charge is 0.480 e. The van der Waals surface area contributed by atoms with E-state index >= 15 is 0 Å². The van der Waals surface area contributed by atoms with E-state index in [0.717, 1.165) is 11.3 Å². The van der Waals surface area contributed by atoms with Gasteiger partial charge in [0.05, 0.1) is 11.8 Å². The quantitative estimate of drug-likeness (QED) is 0.712. The summed E-state index contributed by atoms with van der Waals surface area (Å²) in [5, 5.41) is 9.16. The van der Waals surface area contributed by atoms with Crippen LogP contribution in [0.2, 0.25) is 0 Å². The van der Waals surface area contributed by atoms with Crippen molar-refractivity contribution in [1.29, 1.82) is 0 Å². The molecule has 0 aromatic carbocycles. The summed E-state index contributed by atoms with van der Waals surface area (Å²) >= 11 is 0. The minimum Gasteiger partial charge on any atom is -0.480 e. The van der Waals surface area contributed by atoms with Crippen LogP contribution < -0.4 is 0 Å². The highest BCUT2D eigenvalue weighted by molar-refractivity contribution is 6.07. The number of carboxylic acid groups (broad SMARTS) is 1. The molecule has 0 spiro atoms. The number of methoxy groups -OCH3 is 1. The van der Waals surface area contributed by atoms with Gasteiger partial charge < -0.3 is 9.84 Å². The molecule has 0 bridgehead atoms. The summed E-state index contributed by atoms with van der Waals surface area (Å²) in [4.78, 5) is 36.4. The number of rotatable bonds is 5. The van der Waals surface area contributed by atoms with Crippen molar-refractivity contribution >= 4 is 17.8 Å². The van der Waals surface area contributed by atoms with Crippen molar-refractivity contribution in [2.75, 3.05) is 13.7 Å². The molecule has 100 valence electrons. The predicted molar refractivity (Wildman–Crippen MR) is 60.6 cm³/mol. The van der Waals surface area contributed by atoms with E-state index in [4.69, 9.17) is 9.84 Å². The van der Waals surface area contributed by atoms with E-state index in [0.29, 0.717) is 12.8 Å². The predicted octanol–water partition coefficient (Wildman–Crippen LogP) is 0.261. The van der Waals surface area contributed by atoms with Gasteiger partial charge in [0, 0.05) is 20.1 Å². The third kappa shape index (κ3) is 2.01. The van der Waals surface area contributed by atoms with Gasteiger partial charge in [-0.15, -0.1) is 0 Å². The number of hydrogen-bond acceptors (Lipinski definition) is 4. The molecule has 3 unspecified atom stereocenters. The molecule has 2 fully saturated rings. The molecule has 3 atom stereocenters. The van der Waals surface area contributed by atoms with E-state index in [1.54, 1.807) is 0 Å². The van der Waals surface area contributed by atoms with Crippen LogP contribution in [0, 0.1) is 11.8 Å². The third-order valence-corrected chi connectivity index (χ3v) is 3.82. The summed E-state index contributed by atoms with van der Waals surface area (Å²) in [6, 6.07) is -1.09. The normalized spacial score (nSPS) is 28.6. The number of aliphatic carboxylic acids is 1. The number of amides is 2. The van der Waals surface area contributed by atoms with Crippen molar-refractivity contribution in [2.24, 2.45) is 11.8 Å². The van der Waals surface area contributed by atoms with E-state index < -0.39 is 12.0 Å². The van der Waals surface area contributed by atoms with Gasteiger partial charge in [-0.05, 0) is 12.8 Å². The lowest BCUT2D eigenvalue weighted by Gasteiger charge is -2.23. The molecular weight excluding hydrogens is 238 g/mol. The number of hydrogen-bond donors (Lipinski definition) is 1. The molecular formula is C12H17NO5. The molecule has 0 radical (unpaired) electrons. The number of ether oxygens (including phenoxy) is 1. The van der Waals surface area contributed by atoms with Crippen LogP contribution in [0.5, 0.6) is 0 Å². The number of carbonyl (C=O) groups is 3. The zero-order valence-electron chi connectivity index (χ0n) is 10.3. The van der Waals surface area contributed by atoms with Crippen molar-refractivity contribution in [1.82, 2.24) is 4.90 Å². The van der Waals surface area contributed by atoms with E-state index in [-0.39, 0.29) is 36.7 Å². The molecule has 1 saturated heterocycles. The number of nitrogens with zero attached hydrogens (tertiary/aromatic N) is 1. The number of imide groups is 1. The number of carboxylic acids is 1. The highest BCUT2D eigenvalue weighted by Crippen LogP contribution is 2.40. The minimum atomic E-state index is -1.14. The molecule has 1 heterocycles. The second kappa shape index (κ2) is 5.06. The average Bonchev–Trinajstić information content (AvgIpc) is 2.88. The molecule has 1 N–H and O–H groups in total. The van der Waals surface area contributed by atoms with Crippen LogP contribution in [-0.4, -0.2) is 47.5 Å². The molecule has 0 aromatic heterocycles. The number of likely N-dealkylation sites (tertiary alicyclic amines) is 1. The molecule has 1 aliphatic heterocycles. The Kier molecular flexibility index (Phi) is 3.65. The maximum atomic E-state index is 12.1. The molecule has 6 heteroatoms. The highest BCUT2D eigenvalue weighted by atomic mass is 16.5. The summed E-state index contributed by atoms with van der Waals surface area (Å²) in [7, 11) is 1.46. The molecule has 1 aliphatic carbocycles. The first-order valence-corrected chi connectivity index (χ1v) is 6.16. The van der Waals surface area contributed by atoms with Gasteiger partial charge in [-0.3, -0.25) is 14.5 Å². The van der Waals surface area contributed by atoms with Crippen LogP contribution in [0.25, 0.3) is 0 Å². The Hall–Kier alpha value is -1.43. The van der Waals surface area contributed by atoms with Crippen LogP contribution >= 0.6 is 0 Å². The second-order valence-corrected chi connectivity index (χ2v) is 4.83.